The first-order valence-electron chi connectivity index (χ1n) is 10.4. The normalized spacial score (nSPS) is 11.3. The van der Waals surface area contributed by atoms with Crippen LogP contribution in [0.4, 0.5) is 0 Å². The van der Waals surface area contributed by atoms with Crippen LogP contribution >= 0.6 is 20.2 Å². The molecule has 2 heterocycles. The Morgan fingerprint density at radius 2 is 1.68 bits per heavy atom. The van der Waals surface area contributed by atoms with E-state index >= 15 is 0 Å². The summed E-state index contributed by atoms with van der Waals surface area (Å²) in [5, 5.41) is 5.49. The van der Waals surface area contributed by atoms with Crippen LogP contribution in [0, 0.1) is 0 Å². The molecule has 0 atom stereocenters. The average molecular weight is 492 g/mol. The van der Waals surface area contributed by atoms with Crippen molar-refractivity contribution < 1.29 is 14.3 Å². The number of hydrogen-bond donors (Lipinski definition) is 3. The fourth-order valence-electron chi connectivity index (χ4n) is 3.96. The molecule has 7 nitrogen and oxygen atoms in total. The van der Waals surface area contributed by atoms with E-state index in [1.165, 1.54) is 6.07 Å². The third-order valence-electron chi connectivity index (χ3n) is 5.39. The van der Waals surface area contributed by atoms with E-state index in [1.807, 2.05) is 42.5 Å². The number of aromatic amines is 1. The van der Waals surface area contributed by atoms with E-state index in [9.17, 15) is 14.6 Å². The van der Waals surface area contributed by atoms with Gasteiger partial charge in [-0.2, -0.15) is 5.10 Å². The molecule has 9 heteroatoms. The Hall–Kier alpha value is -3.48. The van der Waals surface area contributed by atoms with Crippen molar-refractivity contribution >= 4 is 25.9 Å². The zero-order chi connectivity index (χ0) is 23.7. The fraction of sp³-hybridized carbons (Fsp3) is 0.0400. The van der Waals surface area contributed by atoms with Crippen LogP contribution in [0.1, 0.15) is 11.3 Å². The van der Waals surface area contributed by atoms with Crippen molar-refractivity contribution in [1.82, 2.24) is 14.6 Å². The molecule has 0 spiro atoms. The molecule has 0 fully saturated rings. The number of hydrogen-bond acceptors (Lipinski definition) is 5. The molecule has 0 amide bonds. The first kappa shape index (κ1) is 22.3. The highest BCUT2D eigenvalue weighted by Gasteiger charge is 2.21. The summed E-state index contributed by atoms with van der Waals surface area (Å²) < 4.78 is 6.88. The van der Waals surface area contributed by atoms with Crippen molar-refractivity contribution in [2.24, 2.45) is 0 Å². The Balaban J connectivity index is 1.78. The van der Waals surface area contributed by atoms with Crippen LogP contribution in [0.2, 0.25) is 5.02 Å². The van der Waals surface area contributed by atoms with E-state index in [0.29, 0.717) is 28.3 Å². The lowest BCUT2D eigenvalue weighted by Gasteiger charge is -2.12. The third-order valence-corrected chi connectivity index (χ3v) is 6.00. The predicted molar refractivity (Wildman–Crippen MR) is 133 cm³/mol. The number of halogens is 1. The Morgan fingerprint density at radius 1 is 0.971 bits per heavy atom. The van der Waals surface area contributed by atoms with E-state index < -0.39 is 8.60 Å². The van der Waals surface area contributed by atoms with Gasteiger partial charge >= 0.3 is 8.60 Å². The van der Waals surface area contributed by atoms with Gasteiger partial charge in [0.2, 0.25) is 0 Å². The fourth-order valence-corrected chi connectivity index (χ4v) is 4.42. The average Bonchev–Trinajstić information content (AvgIpc) is 3.17. The zero-order valence-electron chi connectivity index (χ0n) is 17.7. The number of nitrogens with zero attached hydrogens (tertiary/aromatic N) is 2. The van der Waals surface area contributed by atoms with Crippen LogP contribution in [0.25, 0.3) is 28.0 Å². The topological polar surface area (TPSA) is 99.8 Å². The third kappa shape index (κ3) is 4.47. The van der Waals surface area contributed by atoms with E-state index in [0.717, 1.165) is 22.4 Å². The number of fused-ring (bicyclic) bond motifs is 1. The van der Waals surface area contributed by atoms with Crippen LogP contribution in [-0.4, -0.2) is 24.4 Å². The number of benzene rings is 3. The second kappa shape index (κ2) is 9.41. The van der Waals surface area contributed by atoms with Gasteiger partial charge in [-0.3, -0.25) is 4.79 Å². The maximum atomic E-state index is 12.8. The smallest absolute Gasteiger partial charge is 0.391 e. The molecule has 0 radical (unpaired) electrons. The van der Waals surface area contributed by atoms with Gasteiger partial charge in [0.25, 0.3) is 5.56 Å². The maximum absolute atomic E-state index is 12.8. The van der Waals surface area contributed by atoms with Crippen LogP contribution in [0.3, 0.4) is 0 Å². The van der Waals surface area contributed by atoms with Gasteiger partial charge < -0.3 is 19.3 Å². The molecule has 0 aliphatic rings. The second-order valence-electron chi connectivity index (χ2n) is 7.61. The molecule has 34 heavy (non-hydrogen) atoms. The standard InChI is InChI=1S/C25H19ClN3O4P/c26-18-12-10-17(11-13-18)24-20(14-16-6-2-1-3-7-16)28-29-21(15-23(30)27-25(24)29)19-8-4-5-9-22(19)33-34(31)32/h1-13,15,31-32H,14H2,(H,27,30). The summed E-state index contributed by atoms with van der Waals surface area (Å²) in [4.78, 5) is 34.5. The van der Waals surface area contributed by atoms with Gasteiger partial charge in [0, 0.05) is 28.6 Å². The maximum Gasteiger partial charge on any atom is 0.391 e. The molecular formula is C25H19ClN3O4P. The molecule has 5 rings (SSSR count). The Labute approximate surface area is 200 Å². The first-order chi connectivity index (χ1) is 16.5. The van der Waals surface area contributed by atoms with Gasteiger partial charge in [-0.05, 0) is 35.4 Å². The molecule has 0 bridgehead atoms. The number of aromatic nitrogens is 3. The molecule has 0 saturated carbocycles. The monoisotopic (exact) mass is 491 g/mol. The van der Waals surface area contributed by atoms with Gasteiger partial charge in [-0.1, -0.05) is 66.2 Å². The molecule has 3 N–H and O–H groups in total. The molecular weight excluding hydrogens is 473 g/mol. The minimum absolute atomic E-state index is 0.235. The molecule has 0 aliphatic carbocycles. The van der Waals surface area contributed by atoms with Gasteiger partial charge in [0.15, 0.2) is 0 Å². The molecule has 0 unspecified atom stereocenters. The lowest BCUT2D eigenvalue weighted by atomic mass is 10.0. The summed E-state index contributed by atoms with van der Waals surface area (Å²) in [6, 6.07) is 25.6. The molecule has 2 aromatic heterocycles. The predicted octanol–water partition coefficient (Wildman–Crippen LogP) is 5.19. The molecule has 0 saturated heterocycles. The summed E-state index contributed by atoms with van der Waals surface area (Å²) in [7, 11) is -2.64. The van der Waals surface area contributed by atoms with E-state index in [1.54, 1.807) is 40.9 Å². The van der Waals surface area contributed by atoms with E-state index in [-0.39, 0.29) is 11.3 Å². The molecule has 3 aromatic carbocycles. The Bertz CT molecular complexity index is 1520. The van der Waals surface area contributed by atoms with Gasteiger partial charge in [0.1, 0.15) is 11.4 Å². The summed E-state index contributed by atoms with van der Waals surface area (Å²) >= 11 is 6.12. The summed E-state index contributed by atoms with van der Waals surface area (Å²) in [6.07, 6.45) is 0.540. The highest BCUT2D eigenvalue weighted by Crippen LogP contribution is 2.38. The van der Waals surface area contributed by atoms with E-state index in [2.05, 4.69) is 4.98 Å². The van der Waals surface area contributed by atoms with E-state index in [4.69, 9.17) is 21.2 Å². The van der Waals surface area contributed by atoms with Gasteiger partial charge in [-0.15, -0.1) is 0 Å². The largest absolute Gasteiger partial charge is 0.426 e. The van der Waals surface area contributed by atoms with Crippen molar-refractivity contribution in [3.05, 3.63) is 112 Å². The van der Waals surface area contributed by atoms with Crippen LogP contribution in [-0.2, 0) is 6.42 Å². The minimum atomic E-state index is -2.64. The highest BCUT2D eigenvalue weighted by molar-refractivity contribution is 7.39. The highest BCUT2D eigenvalue weighted by atomic mass is 35.5. The van der Waals surface area contributed by atoms with Crippen molar-refractivity contribution in [2.45, 2.75) is 6.42 Å². The van der Waals surface area contributed by atoms with Crippen molar-refractivity contribution in [1.29, 1.82) is 0 Å². The van der Waals surface area contributed by atoms with Crippen LogP contribution < -0.4 is 10.1 Å². The van der Waals surface area contributed by atoms with Crippen molar-refractivity contribution in [3.8, 4) is 28.1 Å². The SMILES string of the molecule is O=c1cc(-c2ccccc2OP(O)O)n2nc(Cc3ccccc3)c(-c3ccc(Cl)cc3)c2[nH]1. The molecule has 170 valence electrons. The second-order valence-corrected chi connectivity index (χ2v) is 8.73. The van der Waals surface area contributed by atoms with Crippen molar-refractivity contribution in [3.63, 3.8) is 0 Å². The Kier molecular flexibility index (Phi) is 6.18. The summed E-state index contributed by atoms with van der Waals surface area (Å²) in [6.45, 7) is 0. The van der Waals surface area contributed by atoms with Gasteiger partial charge in [0.05, 0.1) is 11.4 Å². The van der Waals surface area contributed by atoms with Crippen molar-refractivity contribution in [2.75, 3.05) is 0 Å². The molecule has 0 aliphatic heterocycles. The lowest BCUT2D eigenvalue weighted by Crippen LogP contribution is -2.10. The number of para-hydroxylation sites is 1. The van der Waals surface area contributed by atoms with Crippen LogP contribution in [0.15, 0.2) is 89.7 Å². The number of rotatable bonds is 6. The lowest BCUT2D eigenvalue weighted by molar-refractivity contribution is 0.375. The Morgan fingerprint density at radius 3 is 2.41 bits per heavy atom. The van der Waals surface area contributed by atoms with Gasteiger partial charge in [-0.25, -0.2) is 4.52 Å². The molecule has 5 aromatic rings. The minimum Gasteiger partial charge on any atom is -0.426 e. The summed E-state index contributed by atoms with van der Waals surface area (Å²) in [5.74, 6) is 0.235. The number of nitrogens with one attached hydrogen (secondary N) is 1. The zero-order valence-corrected chi connectivity index (χ0v) is 19.4. The first-order valence-corrected chi connectivity index (χ1v) is 11.9. The number of H-pyrrole nitrogens is 1. The summed E-state index contributed by atoms with van der Waals surface area (Å²) in [5.41, 5.74) is 4.63. The van der Waals surface area contributed by atoms with Crippen LogP contribution in [0.5, 0.6) is 5.75 Å². The quantitative estimate of drug-likeness (QED) is 0.284.